The Kier molecular flexibility index (Phi) is 5.18. The fourth-order valence-corrected chi connectivity index (χ4v) is 2.05. The quantitative estimate of drug-likeness (QED) is 0.574. The molecule has 0 amide bonds. The molecule has 0 aliphatic rings. The van der Waals surface area contributed by atoms with E-state index < -0.39 is 0 Å². The third-order valence-corrected chi connectivity index (χ3v) is 2.73. The molecule has 1 aromatic rings. The third kappa shape index (κ3) is 3.87. The summed E-state index contributed by atoms with van der Waals surface area (Å²) in [6, 6.07) is 4.43. The zero-order valence-electron chi connectivity index (χ0n) is 11.1. The van der Waals surface area contributed by atoms with Gasteiger partial charge in [0.05, 0.1) is 0 Å². The Morgan fingerprint density at radius 3 is 2.71 bits per heavy atom. The van der Waals surface area contributed by atoms with Gasteiger partial charge in [0, 0.05) is 37.1 Å². The number of nitrogen functional groups attached to an aromatic ring is 1. The fraction of sp³-hybridized carbons (Fsp3) is 0.583. The lowest BCUT2D eigenvalue weighted by molar-refractivity contribution is 0.373. The summed E-state index contributed by atoms with van der Waals surface area (Å²) in [7, 11) is 4.17. The van der Waals surface area contributed by atoms with E-state index in [4.69, 9.17) is 5.84 Å². The molecule has 1 aromatic heterocycles. The van der Waals surface area contributed by atoms with Gasteiger partial charge in [-0.2, -0.15) is 0 Å². The van der Waals surface area contributed by atoms with Crippen LogP contribution in [0.25, 0.3) is 0 Å². The smallest absolute Gasteiger partial charge is 0.141 e. The number of nitrogens with zero attached hydrogens (tertiary/aromatic N) is 3. The molecule has 0 spiro atoms. The van der Waals surface area contributed by atoms with Crippen LogP contribution in [0.5, 0.6) is 0 Å². The molecule has 1 atom stereocenters. The van der Waals surface area contributed by atoms with Gasteiger partial charge in [0.2, 0.25) is 0 Å². The highest BCUT2D eigenvalue weighted by Crippen LogP contribution is 2.19. The van der Waals surface area contributed by atoms with Gasteiger partial charge < -0.3 is 15.2 Å². The molecule has 0 aromatic carbocycles. The Morgan fingerprint density at radius 1 is 1.47 bits per heavy atom. The minimum absolute atomic E-state index is 0.447. The van der Waals surface area contributed by atoms with Crippen LogP contribution in [-0.2, 0) is 0 Å². The molecule has 17 heavy (non-hydrogen) atoms. The van der Waals surface area contributed by atoms with E-state index in [1.54, 1.807) is 6.20 Å². The Bertz CT molecular complexity index is 339. The van der Waals surface area contributed by atoms with E-state index in [0.29, 0.717) is 11.9 Å². The number of hydrogen-bond acceptors (Lipinski definition) is 5. The summed E-state index contributed by atoms with van der Waals surface area (Å²) in [6.45, 7) is 6.35. The molecule has 0 saturated heterocycles. The first-order valence-electron chi connectivity index (χ1n) is 5.92. The van der Waals surface area contributed by atoms with E-state index in [2.05, 4.69) is 48.2 Å². The maximum Gasteiger partial charge on any atom is 0.141 e. The van der Waals surface area contributed by atoms with Crippen molar-refractivity contribution in [3.8, 4) is 0 Å². The normalized spacial score (nSPS) is 12.6. The summed E-state index contributed by atoms with van der Waals surface area (Å²) in [5.41, 5.74) is 3.72. The van der Waals surface area contributed by atoms with Crippen molar-refractivity contribution in [1.29, 1.82) is 0 Å². The van der Waals surface area contributed by atoms with Crippen LogP contribution >= 0.6 is 0 Å². The fourth-order valence-electron chi connectivity index (χ4n) is 2.05. The molecule has 0 radical (unpaired) electrons. The van der Waals surface area contributed by atoms with E-state index in [-0.39, 0.29) is 0 Å². The predicted molar refractivity (Wildman–Crippen MR) is 73.1 cm³/mol. The molecule has 0 fully saturated rings. The average molecular weight is 237 g/mol. The van der Waals surface area contributed by atoms with Crippen molar-refractivity contribution < 1.29 is 0 Å². The lowest BCUT2D eigenvalue weighted by Crippen LogP contribution is -2.40. The molecule has 3 N–H and O–H groups in total. The first-order valence-corrected chi connectivity index (χ1v) is 5.92. The number of rotatable bonds is 6. The SMILES string of the molecule is CCN(c1ccnc(NN)c1)C(C)CN(C)C. The Hall–Kier alpha value is -1.33. The van der Waals surface area contributed by atoms with Crippen LogP contribution in [0.4, 0.5) is 11.5 Å². The third-order valence-electron chi connectivity index (χ3n) is 2.73. The van der Waals surface area contributed by atoms with Crippen molar-refractivity contribution in [2.75, 3.05) is 37.5 Å². The van der Waals surface area contributed by atoms with E-state index in [0.717, 1.165) is 18.8 Å². The molecule has 5 nitrogen and oxygen atoms in total. The van der Waals surface area contributed by atoms with Crippen molar-refractivity contribution in [3.63, 3.8) is 0 Å². The standard InChI is InChI=1S/C12H23N5/c1-5-17(10(2)9-16(3)4)11-6-7-14-12(8-11)15-13/h6-8,10H,5,9,13H2,1-4H3,(H,14,15). The Labute approximate surface area is 104 Å². The molecule has 5 heteroatoms. The van der Waals surface area contributed by atoms with Crippen LogP contribution in [-0.4, -0.2) is 43.1 Å². The van der Waals surface area contributed by atoms with Crippen molar-refractivity contribution in [1.82, 2.24) is 9.88 Å². The second-order valence-corrected chi connectivity index (χ2v) is 4.44. The summed E-state index contributed by atoms with van der Waals surface area (Å²) in [5, 5.41) is 0. The van der Waals surface area contributed by atoms with Crippen LogP contribution < -0.4 is 16.2 Å². The number of nitrogens with two attached hydrogens (primary N) is 1. The zero-order chi connectivity index (χ0) is 12.8. The molecular weight excluding hydrogens is 214 g/mol. The average Bonchev–Trinajstić information content (AvgIpc) is 2.29. The maximum absolute atomic E-state index is 5.38. The molecule has 0 aliphatic carbocycles. The highest BCUT2D eigenvalue weighted by molar-refractivity contribution is 5.54. The zero-order valence-corrected chi connectivity index (χ0v) is 11.1. The largest absolute Gasteiger partial charge is 0.368 e. The van der Waals surface area contributed by atoms with E-state index >= 15 is 0 Å². The van der Waals surface area contributed by atoms with Crippen molar-refractivity contribution in [2.45, 2.75) is 19.9 Å². The summed E-state index contributed by atoms with van der Waals surface area (Å²) < 4.78 is 0. The Morgan fingerprint density at radius 2 is 2.18 bits per heavy atom. The molecule has 1 heterocycles. The monoisotopic (exact) mass is 237 g/mol. The topological polar surface area (TPSA) is 57.4 Å². The van der Waals surface area contributed by atoms with E-state index in [1.807, 2.05) is 12.1 Å². The van der Waals surface area contributed by atoms with Gasteiger partial charge in [0.25, 0.3) is 0 Å². The first kappa shape index (κ1) is 13.7. The molecule has 0 saturated carbocycles. The lowest BCUT2D eigenvalue weighted by atomic mass is 10.2. The van der Waals surface area contributed by atoms with Crippen molar-refractivity contribution in [2.24, 2.45) is 5.84 Å². The van der Waals surface area contributed by atoms with E-state index in [9.17, 15) is 0 Å². The summed E-state index contributed by atoms with van der Waals surface area (Å²) in [5.74, 6) is 6.07. The number of aromatic nitrogens is 1. The van der Waals surface area contributed by atoms with Crippen molar-refractivity contribution >= 4 is 11.5 Å². The molecule has 1 rings (SSSR count). The van der Waals surface area contributed by atoms with Gasteiger partial charge >= 0.3 is 0 Å². The lowest BCUT2D eigenvalue weighted by Gasteiger charge is -2.32. The highest BCUT2D eigenvalue weighted by atomic mass is 15.3. The summed E-state index contributed by atoms with van der Waals surface area (Å²) >= 11 is 0. The number of hydrogen-bond donors (Lipinski definition) is 2. The predicted octanol–water partition coefficient (Wildman–Crippen LogP) is 1.14. The molecule has 1 unspecified atom stereocenters. The van der Waals surface area contributed by atoms with Crippen molar-refractivity contribution in [3.05, 3.63) is 18.3 Å². The second-order valence-electron chi connectivity index (χ2n) is 4.44. The molecule has 0 aliphatic heterocycles. The number of nitrogens with one attached hydrogen (secondary N) is 1. The van der Waals surface area contributed by atoms with E-state index in [1.165, 1.54) is 0 Å². The van der Waals surface area contributed by atoms with Gasteiger partial charge in [-0.25, -0.2) is 10.8 Å². The number of anilines is 2. The van der Waals surface area contributed by atoms with Crippen LogP contribution in [0.1, 0.15) is 13.8 Å². The van der Waals surface area contributed by atoms with Gasteiger partial charge in [-0.1, -0.05) is 0 Å². The highest BCUT2D eigenvalue weighted by Gasteiger charge is 2.13. The molecule has 96 valence electrons. The molecule has 0 bridgehead atoms. The first-order chi connectivity index (χ1) is 8.08. The number of hydrazine groups is 1. The van der Waals surface area contributed by atoms with Gasteiger partial charge in [0.15, 0.2) is 0 Å². The van der Waals surface area contributed by atoms with Gasteiger partial charge in [-0.05, 0) is 34.0 Å². The minimum Gasteiger partial charge on any atom is -0.368 e. The van der Waals surface area contributed by atoms with Crippen LogP contribution in [0.3, 0.4) is 0 Å². The number of likely N-dealkylation sites (N-methyl/N-ethyl adjacent to an activating group) is 2. The second kappa shape index (κ2) is 6.42. The number of pyridine rings is 1. The summed E-state index contributed by atoms with van der Waals surface area (Å²) in [4.78, 5) is 8.65. The van der Waals surface area contributed by atoms with Gasteiger partial charge in [-0.3, -0.25) is 0 Å². The minimum atomic E-state index is 0.447. The van der Waals surface area contributed by atoms with Crippen LogP contribution in [0.2, 0.25) is 0 Å². The maximum atomic E-state index is 5.38. The molecular formula is C12H23N5. The van der Waals surface area contributed by atoms with Gasteiger partial charge in [0.1, 0.15) is 5.82 Å². The summed E-state index contributed by atoms with van der Waals surface area (Å²) in [6.07, 6.45) is 1.77. The Balaban J connectivity index is 2.84. The van der Waals surface area contributed by atoms with Gasteiger partial charge in [-0.15, -0.1) is 0 Å². The van der Waals surface area contributed by atoms with Crippen LogP contribution in [0, 0.1) is 0 Å². The van der Waals surface area contributed by atoms with Crippen LogP contribution in [0.15, 0.2) is 18.3 Å².